The fourth-order valence-corrected chi connectivity index (χ4v) is 2.53. The molecule has 1 amide bonds. The average Bonchev–Trinajstić information content (AvgIpc) is 2.37. The van der Waals surface area contributed by atoms with Gasteiger partial charge in [-0.05, 0) is 56.2 Å². The van der Waals surface area contributed by atoms with Gasteiger partial charge in [-0.1, -0.05) is 6.07 Å². The van der Waals surface area contributed by atoms with Crippen LogP contribution >= 0.6 is 0 Å². The predicted molar refractivity (Wildman–Crippen MR) is 73.4 cm³/mol. The van der Waals surface area contributed by atoms with Crippen LogP contribution in [0.2, 0.25) is 0 Å². The summed E-state index contributed by atoms with van der Waals surface area (Å²) in [5, 5.41) is 2.82. The summed E-state index contributed by atoms with van der Waals surface area (Å²) in [7, 11) is 0. The number of aryl methyl sites for hydroxylation is 1. The van der Waals surface area contributed by atoms with Crippen LogP contribution < -0.4 is 11.1 Å². The summed E-state index contributed by atoms with van der Waals surface area (Å²) in [6.45, 7) is 2.41. The van der Waals surface area contributed by atoms with Crippen LogP contribution in [0, 0.1) is 18.7 Å². The topological polar surface area (TPSA) is 55.1 Å². The second-order valence-corrected chi connectivity index (χ2v) is 5.47. The first-order valence-corrected chi connectivity index (χ1v) is 6.86. The van der Waals surface area contributed by atoms with Gasteiger partial charge in [0.2, 0.25) is 0 Å². The van der Waals surface area contributed by atoms with E-state index in [9.17, 15) is 9.18 Å². The smallest absolute Gasteiger partial charge is 0.254 e. The maximum absolute atomic E-state index is 13.6. The Morgan fingerprint density at radius 1 is 1.37 bits per heavy atom. The molecule has 3 nitrogen and oxygen atoms in total. The van der Waals surface area contributed by atoms with Gasteiger partial charge < -0.3 is 11.1 Å². The SMILES string of the molecule is Cc1ccc(C(=O)NCC2CCC(N)CC2)c(F)c1. The molecule has 1 saturated carbocycles. The Bertz CT molecular complexity index is 453. The first-order valence-electron chi connectivity index (χ1n) is 6.86. The average molecular weight is 264 g/mol. The minimum atomic E-state index is -0.455. The first kappa shape index (κ1) is 14.0. The summed E-state index contributed by atoms with van der Waals surface area (Å²) in [6, 6.07) is 4.98. The Balaban J connectivity index is 1.87. The Morgan fingerprint density at radius 3 is 2.68 bits per heavy atom. The molecule has 1 aliphatic carbocycles. The molecule has 1 aromatic rings. The number of halogens is 1. The Kier molecular flexibility index (Phi) is 4.53. The molecule has 19 heavy (non-hydrogen) atoms. The third kappa shape index (κ3) is 3.77. The summed E-state index contributed by atoms with van der Waals surface area (Å²) < 4.78 is 13.6. The summed E-state index contributed by atoms with van der Waals surface area (Å²) in [5.74, 6) is -0.312. The van der Waals surface area contributed by atoms with E-state index in [1.807, 2.05) is 0 Å². The van der Waals surface area contributed by atoms with Crippen LogP contribution in [0.5, 0.6) is 0 Å². The molecule has 0 bridgehead atoms. The largest absolute Gasteiger partial charge is 0.352 e. The van der Waals surface area contributed by atoms with Gasteiger partial charge in [0.15, 0.2) is 0 Å². The predicted octanol–water partition coefficient (Wildman–Crippen LogP) is 2.38. The van der Waals surface area contributed by atoms with Gasteiger partial charge in [-0.25, -0.2) is 4.39 Å². The van der Waals surface area contributed by atoms with E-state index < -0.39 is 5.82 Å². The van der Waals surface area contributed by atoms with Crippen molar-refractivity contribution in [2.24, 2.45) is 11.7 Å². The molecule has 4 heteroatoms. The van der Waals surface area contributed by atoms with E-state index in [1.165, 1.54) is 12.1 Å². The van der Waals surface area contributed by atoms with Gasteiger partial charge in [-0.2, -0.15) is 0 Å². The maximum atomic E-state index is 13.6. The lowest BCUT2D eigenvalue weighted by atomic mass is 9.86. The number of benzene rings is 1. The van der Waals surface area contributed by atoms with Crippen molar-refractivity contribution in [2.75, 3.05) is 6.54 Å². The Labute approximate surface area is 113 Å². The number of hydrogen-bond donors (Lipinski definition) is 2. The number of carbonyl (C=O) groups is 1. The molecule has 0 heterocycles. The van der Waals surface area contributed by atoms with Crippen molar-refractivity contribution < 1.29 is 9.18 Å². The van der Waals surface area contributed by atoms with Crippen LogP contribution in [0.15, 0.2) is 18.2 Å². The molecule has 1 aliphatic rings. The lowest BCUT2D eigenvalue weighted by molar-refractivity contribution is 0.0939. The summed E-state index contributed by atoms with van der Waals surface area (Å²) in [5.41, 5.74) is 6.78. The second kappa shape index (κ2) is 6.15. The first-order chi connectivity index (χ1) is 9.06. The third-order valence-electron chi connectivity index (χ3n) is 3.81. The molecule has 0 aromatic heterocycles. The van der Waals surface area contributed by atoms with E-state index >= 15 is 0 Å². The van der Waals surface area contributed by atoms with Crippen LogP contribution in [-0.4, -0.2) is 18.5 Å². The minimum Gasteiger partial charge on any atom is -0.352 e. The van der Waals surface area contributed by atoms with Crippen molar-refractivity contribution in [3.63, 3.8) is 0 Å². The van der Waals surface area contributed by atoms with Crippen molar-refractivity contribution in [1.82, 2.24) is 5.32 Å². The fraction of sp³-hybridized carbons (Fsp3) is 0.533. The van der Waals surface area contributed by atoms with Crippen molar-refractivity contribution in [3.05, 3.63) is 35.1 Å². The van der Waals surface area contributed by atoms with Crippen molar-refractivity contribution in [1.29, 1.82) is 0 Å². The Morgan fingerprint density at radius 2 is 2.05 bits per heavy atom. The number of rotatable bonds is 3. The quantitative estimate of drug-likeness (QED) is 0.880. The van der Waals surface area contributed by atoms with Crippen LogP contribution in [-0.2, 0) is 0 Å². The molecule has 0 aliphatic heterocycles. The minimum absolute atomic E-state index is 0.123. The number of nitrogens with two attached hydrogens (primary N) is 1. The zero-order chi connectivity index (χ0) is 13.8. The number of amides is 1. The van der Waals surface area contributed by atoms with E-state index in [0.29, 0.717) is 18.5 Å². The van der Waals surface area contributed by atoms with Gasteiger partial charge in [0.1, 0.15) is 5.82 Å². The summed E-state index contributed by atoms with van der Waals surface area (Å²) in [6.07, 6.45) is 4.11. The van der Waals surface area contributed by atoms with Crippen molar-refractivity contribution in [2.45, 2.75) is 38.6 Å². The third-order valence-corrected chi connectivity index (χ3v) is 3.81. The number of nitrogens with one attached hydrogen (secondary N) is 1. The molecular formula is C15H21FN2O. The van der Waals surface area contributed by atoms with Gasteiger partial charge in [0, 0.05) is 12.6 Å². The van der Waals surface area contributed by atoms with Gasteiger partial charge in [0.05, 0.1) is 5.56 Å². The molecule has 1 fully saturated rings. The van der Waals surface area contributed by atoms with E-state index in [4.69, 9.17) is 5.73 Å². The highest BCUT2D eigenvalue weighted by atomic mass is 19.1. The standard InChI is InChI=1S/C15H21FN2O/c1-10-2-7-13(14(16)8-10)15(19)18-9-11-3-5-12(17)6-4-11/h2,7-8,11-12H,3-6,9,17H2,1H3,(H,18,19). The van der Waals surface area contributed by atoms with E-state index in [2.05, 4.69) is 5.32 Å². The summed E-state index contributed by atoms with van der Waals surface area (Å²) in [4.78, 5) is 11.9. The number of hydrogen-bond acceptors (Lipinski definition) is 2. The molecule has 104 valence electrons. The van der Waals surface area contributed by atoms with Crippen LogP contribution in [0.1, 0.15) is 41.6 Å². The fourth-order valence-electron chi connectivity index (χ4n) is 2.53. The van der Waals surface area contributed by atoms with Crippen LogP contribution in [0.3, 0.4) is 0 Å². The monoisotopic (exact) mass is 264 g/mol. The molecule has 1 aromatic carbocycles. The normalized spacial score (nSPS) is 23.1. The van der Waals surface area contributed by atoms with Crippen molar-refractivity contribution >= 4 is 5.91 Å². The maximum Gasteiger partial charge on any atom is 0.254 e. The van der Waals surface area contributed by atoms with Crippen LogP contribution in [0.4, 0.5) is 4.39 Å². The number of carbonyl (C=O) groups excluding carboxylic acids is 1. The lowest BCUT2D eigenvalue weighted by Gasteiger charge is -2.26. The Hall–Kier alpha value is -1.42. The zero-order valence-corrected chi connectivity index (χ0v) is 11.3. The van der Waals surface area contributed by atoms with Crippen molar-refractivity contribution in [3.8, 4) is 0 Å². The molecule has 2 rings (SSSR count). The highest BCUT2D eigenvalue weighted by Crippen LogP contribution is 2.22. The lowest BCUT2D eigenvalue weighted by Crippen LogP contribution is -2.34. The van der Waals surface area contributed by atoms with E-state index in [0.717, 1.165) is 31.2 Å². The van der Waals surface area contributed by atoms with Gasteiger partial charge in [-0.3, -0.25) is 4.79 Å². The highest BCUT2D eigenvalue weighted by Gasteiger charge is 2.19. The van der Waals surface area contributed by atoms with Crippen LogP contribution in [0.25, 0.3) is 0 Å². The highest BCUT2D eigenvalue weighted by molar-refractivity contribution is 5.94. The van der Waals surface area contributed by atoms with Gasteiger partial charge in [0.25, 0.3) is 5.91 Å². The molecule has 0 spiro atoms. The summed E-state index contributed by atoms with van der Waals surface area (Å²) >= 11 is 0. The van der Waals surface area contributed by atoms with E-state index in [1.54, 1.807) is 13.0 Å². The van der Waals surface area contributed by atoms with E-state index in [-0.39, 0.29) is 11.5 Å². The molecule has 0 radical (unpaired) electrons. The molecular weight excluding hydrogens is 243 g/mol. The zero-order valence-electron chi connectivity index (χ0n) is 11.3. The van der Waals surface area contributed by atoms with Gasteiger partial charge >= 0.3 is 0 Å². The van der Waals surface area contributed by atoms with Gasteiger partial charge in [-0.15, -0.1) is 0 Å². The molecule has 0 unspecified atom stereocenters. The molecule has 0 saturated heterocycles. The second-order valence-electron chi connectivity index (χ2n) is 5.47. The molecule has 0 atom stereocenters. The molecule has 3 N–H and O–H groups in total.